The maximum atomic E-state index is 9.49. The Morgan fingerprint density at radius 3 is 2.70 bits per heavy atom. The quantitative estimate of drug-likeness (QED) is 0.907. The number of nitrogens with one attached hydrogen (secondary N) is 1. The number of nitrogens with zero attached hydrogens (tertiary/aromatic N) is 2. The molecule has 1 aromatic carbocycles. The van der Waals surface area contributed by atoms with Crippen LogP contribution in [0, 0.1) is 0 Å². The number of benzene rings is 1. The fraction of sp³-hybridized carbons (Fsp3) is 0.429. The van der Waals surface area contributed by atoms with E-state index in [-0.39, 0.29) is 24.6 Å². The molecule has 0 spiro atoms. The maximum Gasteiger partial charge on any atom is 0.244 e. The first-order chi connectivity index (χ1) is 9.26. The first kappa shape index (κ1) is 15.0. The highest BCUT2D eigenvalue weighted by atomic mass is 35.5. The van der Waals surface area contributed by atoms with Crippen LogP contribution in [-0.4, -0.2) is 27.9 Å². The zero-order valence-corrected chi connectivity index (χ0v) is 12.1. The Bertz CT molecular complexity index is 556. The lowest BCUT2D eigenvalue weighted by molar-refractivity contribution is 0.191. The number of aliphatic hydroxyl groups is 1. The van der Waals surface area contributed by atoms with Crippen molar-refractivity contribution in [2.24, 2.45) is 0 Å². The molecule has 6 heteroatoms. The largest absolute Gasteiger partial charge is 0.392 e. The molecule has 0 saturated carbocycles. The topological polar surface area (TPSA) is 71.2 Å². The molecular formula is C14H18ClN3O2. The minimum absolute atomic E-state index is 0. The number of rotatable bonds is 3. The van der Waals surface area contributed by atoms with Gasteiger partial charge in [-0.05, 0) is 18.4 Å². The van der Waals surface area contributed by atoms with Crippen LogP contribution in [0.2, 0.25) is 0 Å². The third kappa shape index (κ3) is 3.00. The zero-order chi connectivity index (χ0) is 13.2. The predicted octanol–water partition coefficient (Wildman–Crippen LogP) is 2.12. The molecule has 108 valence electrons. The van der Waals surface area contributed by atoms with Crippen molar-refractivity contribution in [1.82, 2.24) is 15.5 Å². The van der Waals surface area contributed by atoms with Gasteiger partial charge in [0.1, 0.15) is 0 Å². The van der Waals surface area contributed by atoms with Crippen molar-refractivity contribution in [2.45, 2.75) is 31.9 Å². The van der Waals surface area contributed by atoms with E-state index in [1.165, 1.54) is 5.56 Å². The molecule has 0 bridgehead atoms. The monoisotopic (exact) mass is 295 g/mol. The van der Waals surface area contributed by atoms with Gasteiger partial charge in [-0.2, -0.15) is 4.98 Å². The van der Waals surface area contributed by atoms with E-state index in [2.05, 4.69) is 34.5 Å². The smallest absolute Gasteiger partial charge is 0.244 e. The van der Waals surface area contributed by atoms with Crippen LogP contribution in [0.15, 0.2) is 28.8 Å². The van der Waals surface area contributed by atoms with Crippen LogP contribution in [-0.2, 0) is 6.42 Å². The van der Waals surface area contributed by atoms with E-state index in [0.29, 0.717) is 24.7 Å². The van der Waals surface area contributed by atoms with Gasteiger partial charge in [0.05, 0.1) is 12.1 Å². The lowest BCUT2D eigenvalue weighted by Gasteiger charge is -2.01. The summed E-state index contributed by atoms with van der Waals surface area (Å²) in [5, 5.41) is 16.7. The Morgan fingerprint density at radius 2 is 2.10 bits per heavy atom. The Morgan fingerprint density at radius 1 is 1.35 bits per heavy atom. The molecule has 20 heavy (non-hydrogen) atoms. The van der Waals surface area contributed by atoms with Gasteiger partial charge in [0.25, 0.3) is 0 Å². The molecule has 1 fully saturated rings. The minimum Gasteiger partial charge on any atom is -0.392 e. The molecule has 0 aliphatic carbocycles. The van der Waals surface area contributed by atoms with E-state index in [1.54, 1.807) is 0 Å². The van der Waals surface area contributed by atoms with Crippen molar-refractivity contribution in [2.75, 3.05) is 6.54 Å². The second-order valence-corrected chi connectivity index (χ2v) is 4.86. The summed E-state index contributed by atoms with van der Waals surface area (Å²) in [4.78, 5) is 4.40. The standard InChI is InChI=1S/C14H17N3O2.ClH/c1-2-9-3-5-10(6-4-9)13-16-14(19-17-13)12-7-11(18)8-15-12;/h3-6,11-12,15,18H,2,7-8H2,1H3;1H/t11-,12-;/m0./s1. The SMILES string of the molecule is CCc1ccc(-c2noc([C@@H]3C[C@H](O)CN3)n2)cc1.Cl. The molecule has 1 aliphatic rings. The highest BCUT2D eigenvalue weighted by Gasteiger charge is 2.28. The van der Waals surface area contributed by atoms with Crippen LogP contribution in [0.4, 0.5) is 0 Å². The third-order valence-electron chi connectivity index (χ3n) is 3.47. The van der Waals surface area contributed by atoms with E-state index in [1.807, 2.05) is 12.1 Å². The van der Waals surface area contributed by atoms with Gasteiger partial charge in [-0.15, -0.1) is 12.4 Å². The third-order valence-corrected chi connectivity index (χ3v) is 3.47. The molecule has 0 unspecified atom stereocenters. The van der Waals surface area contributed by atoms with Crippen molar-refractivity contribution in [1.29, 1.82) is 0 Å². The minimum atomic E-state index is -0.329. The average Bonchev–Trinajstić information content (AvgIpc) is 3.07. The zero-order valence-electron chi connectivity index (χ0n) is 11.2. The first-order valence-corrected chi connectivity index (χ1v) is 6.60. The van der Waals surface area contributed by atoms with Gasteiger partial charge in [-0.1, -0.05) is 36.3 Å². The molecule has 2 N–H and O–H groups in total. The van der Waals surface area contributed by atoms with Gasteiger partial charge in [0, 0.05) is 12.1 Å². The molecule has 0 radical (unpaired) electrons. The van der Waals surface area contributed by atoms with E-state index >= 15 is 0 Å². The van der Waals surface area contributed by atoms with Crippen LogP contribution >= 0.6 is 12.4 Å². The second kappa shape index (κ2) is 6.35. The Labute approximate surface area is 123 Å². The van der Waals surface area contributed by atoms with Crippen LogP contribution in [0.1, 0.15) is 30.8 Å². The molecule has 3 rings (SSSR count). The molecule has 1 aromatic heterocycles. The van der Waals surface area contributed by atoms with Gasteiger partial charge in [-0.25, -0.2) is 0 Å². The van der Waals surface area contributed by atoms with Crippen LogP contribution < -0.4 is 5.32 Å². The van der Waals surface area contributed by atoms with E-state index in [4.69, 9.17) is 4.52 Å². The molecular weight excluding hydrogens is 278 g/mol. The van der Waals surface area contributed by atoms with Gasteiger partial charge in [0.2, 0.25) is 11.7 Å². The Balaban J connectivity index is 0.00000147. The lowest BCUT2D eigenvalue weighted by atomic mass is 10.1. The molecule has 2 atom stereocenters. The number of aryl methyl sites for hydroxylation is 1. The number of hydrogen-bond donors (Lipinski definition) is 2. The summed E-state index contributed by atoms with van der Waals surface area (Å²) in [6.07, 6.45) is 1.31. The molecule has 1 saturated heterocycles. The highest BCUT2D eigenvalue weighted by molar-refractivity contribution is 5.85. The van der Waals surface area contributed by atoms with Gasteiger partial charge >= 0.3 is 0 Å². The lowest BCUT2D eigenvalue weighted by Crippen LogP contribution is -2.15. The first-order valence-electron chi connectivity index (χ1n) is 6.60. The maximum absolute atomic E-state index is 9.49. The number of halogens is 1. The van der Waals surface area contributed by atoms with Crippen molar-refractivity contribution in [3.05, 3.63) is 35.7 Å². The van der Waals surface area contributed by atoms with Crippen LogP contribution in [0.25, 0.3) is 11.4 Å². The van der Waals surface area contributed by atoms with Crippen LogP contribution in [0.5, 0.6) is 0 Å². The summed E-state index contributed by atoms with van der Waals surface area (Å²) in [6.45, 7) is 2.70. The molecule has 2 aromatic rings. The van der Waals surface area contributed by atoms with Crippen molar-refractivity contribution in [3.8, 4) is 11.4 Å². The summed E-state index contributed by atoms with van der Waals surface area (Å²) < 4.78 is 5.27. The van der Waals surface area contributed by atoms with Crippen LogP contribution in [0.3, 0.4) is 0 Å². The number of β-amino-alcohol motifs (C(OH)–C–C–N with tert-alkyl or cyclic N) is 1. The fourth-order valence-corrected chi connectivity index (χ4v) is 2.29. The number of aromatic nitrogens is 2. The normalized spacial score (nSPS) is 21.7. The molecule has 2 heterocycles. The second-order valence-electron chi connectivity index (χ2n) is 4.86. The Hall–Kier alpha value is -1.43. The summed E-state index contributed by atoms with van der Waals surface area (Å²) in [6, 6.07) is 8.12. The summed E-state index contributed by atoms with van der Waals surface area (Å²) >= 11 is 0. The summed E-state index contributed by atoms with van der Waals surface area (Å²) in [5.74, 6) is 1.15. The Kier molecular flexibility index (Phi) is 4.75. The average molecular weight is 296 g/mol. The van der Waals surface area contributed by atoms with E-state index in [9.17, 15) is 5.11 Å². The summed E-state index contributed by atoms with van der Waals surface area (Å²) in [5.41, 5.74) is 2.23. The van der Waals surface area contributed by atoms with Crippen molar-refractivity contribution < 1.29 is 9.63 Å². The predicted molar refractivity (Wildman–Crippen MR) is 77.7 cm³/mol. The number of hydrogen-bond acceptors (Lipinski definition) is 5. The van der Waals surface area contributed by atoms with E-state index < -0.39 is 0 Å². The van der Waals surface area contributed by atoms with Gasteiger partial charge in [-0.3, -0.25) is 0 Å². The molecule has 1 aliphatic heterocycles. The van der Waals surface area contributed by atoms with E-state index in [0.717, 1.165) is 12.0 Å². The van der Waals surface area contributed by atoms with Gasteiger partial charge < -0.3 is 14.9 Å². The fourth-order valence-electron chi connectivity index (χ4n) is 2.29. The number of aliphatic hydroxyl groups excluding tert-OH is 1. The highest BCUT2D eigenvalue weighted by Crippen LogP contribution is 2.24. The van der Waals surface area contributed by atoms with Gasteiger partial charge in [0.15, 0.2) is 0 Å². The molecule has 5 nitrogen and oxygen atoms in total. The summed E-state index contributed by atoms with van der Waals surface area (Å²) in [7, 11) is 0. The van der Waals surface area contributed by atoms with Crippen molar-refractivity contribution in [3.63, 3.8) is 0 Å². The molecule has 0 amide bonds. The van der Waals surface area contributed by atoms with Crippen molar-refractivity contribution >= 4 is 12.4 Å².